The predicted octanol–water partition coefficient (Wildman–Crippen LogP) is 3.28. The maximum Gasteiger partial charge on any atom is 0.137 e. The molecule has 0 spiro atoms. The zero-order valence-corrected chi connectivity index (χ0v) is 21.5. The van der Waals surface area contributed by atoms with E-state index in [2.05, 4.69) is 33.7 Å². The van der Waals surface area contributed by atoms with Gasteiger partial charge in [-0.25, -0.2) is 9.37 Å². The van der Waals surface area contributed by atoms with Crippen LogP contribution in [0, 0.1) is 5.92 Å². The van der Waals surface area contributed by atoms with Crippen LogP contribution in [0.3, 0.4) is 0 Å². The number of piperazine rings is 1. The Hall–Kier alpha value is -2.46. The summed E-state index contributed by atoms with van der Waals surface area (Å²) >= 11 is 5.93. The predicted molar refractivity (Wildman–Crippen MR) is 138 cm³/mol. The van der Waals surface area contributed by atoms with Gasteiger partial charge in [-0.2, -0.15) is 5.10 Å². The van der Waals surface area contributed by atoms with Crippen LogP contribution in [-0.4, -0.2) is 88.6 Å². The molecule has 0 bridgehead atoms. The normalized spacial score (nSPS) is 22.5. The molecular formula is C26H35ClFN5O3. The van der Waals surface area contributed by atoms with Gasteiger partial charge in [-0.1, -0.05) is 17.7 Å². The molecule has 36 heavy (non-hydrogen) atoms. The lowest BCUT2D eigenvalue weighted by atomic mass is 9.92. The molecule has 1 aromatic heterocycles. The van der Waals surface area contributed by atoms with Crippen molar-refractivity contribution in [2.45, 2.75) is 44.8 Å². The molecule has 0 radical (unpaired) electrons. The monoisotopic (exact) mass is 519 g/mol. The number of aromatic nitrogens is 3. The number of benzene rings is 1. The fraction of sp³-hybridized carbons (Fsp3) is 0.538. The molecule has 10 heteroatoms. The van der Waals surface area contributed by atoms with Gasteiger partial charge >= 0.3 is 0 Å². The van der Waals surface area contributed by atoms with Gasteiger partial charge in [-0.3, -0.25) is 9.58 Å². The molecule has 2 unspecified atom stereocenters. The summed E-state index contributed by atoms with van der Waals surface area (Å²) in [4.78, 5) is 8.79. The van der Waals surface area contributed by atoms with Crippen molar-refractivity contribution in [2.24, 2.45) is 5.92 Å². The number of halogens is 2. The summed E-state index contributed by atoms with van der Waals surface area (Å²) in [6.45, 7) is 8.94. The minimum atomic E-state index is -1.30. The highest BCUT2D eigenvalue weighted by Gasteiger charge is 2.30. The van der Waals surface area contributed by atoms with Gasteiger partial charge in [-0.05, 0) is 50.3 Å². The number of allylic oxidation sites excluding steroid dienone is 3. The first-order valence-corrected chi connectivity index (χ1v) is 12.8. The Balaban J connectivity index is 1.25. The number of hydrogen-bond acceptors (Lipinski definition) is 7. The largest absolute Gasteiger partial charge is 0.491 e. The fourth-order valence-electron chi connectivity index (χ4n) is 4.48. The lowest BCUT2D eigenvalue weighted by Crippen LogP contribution is -2.48. The molecule has 8 nitrogen and oxygen atoms in total. The molecule has 1 aliphatic heterocycles. The summed E-state index contributed by atoms with van der Waals surface area (Å²) < 4.78 is 28.0. The molecule has 4 rings (SSSR count). The van der Waals surface area contributed by atoms with Gasteiger partial charge in [0.15, 0.2) is 0 Å². The number of ether oxygens (including phenoxy) is 2. The van der Waals surface area contributed by atoms with Crippen molar-refractivity contribution in [3.63, 3.8) is 0 Å². The van der Waals surface area contributed by atoms with Crippen LogP contribution in [0.4, 0.5) is 10.1 Å². The van der Waals surface area contributed by atoms with E-state index in [0.717, 1.165) is 26.2 Å². The number of anilines is 1. The Morgan fingerprint density at radius 3 is 2.53 bits per heavy atom. The highest BCUT2D eigenvalue weighted by Crippen LogP contribution is 2.27. The smallest absolute Gasteiger partial charge is 0.137 e. The molecular weight excluding hydrogens is 485 g/mol. The van der Waals surface area contributed by atoms with Crippen molar-refractivity contribution in [1.82, 2.24) is 19.7 Å². The summed E-state index contributed by atoms with van der Waals surface area (Å²) in [7, 11) is 0. The Labute approximate surface area is 217 Å². The number of aliphatic hydroxyl groups excluding tert-OH is 1. The van der Waals surface area contributed by atoms with Crippen LogP contribution in [0.15, 0.2) is 60.2 Å². The lowest BCUT2D eigenvalue weighted by Gasteiger charge is -2.38. The molecule has 1 aromatic carbocycles. The topological polar surface area (TPSA) is 75.9 Å². The standard InChI is InChI=1S/C26H35ClFN5O3/c1-19(2)31-9-11-32(12-10-31)21-4-6-23(7-5-21)35-15-22(34)16-36-26(14-33-18-29-17-30-33)24-8-3-20(27)13-25(24)28/h3-8,13,17-19,22,24-26,34H,9-12,14-16H2,1-2H3/t22-,24?,25?,26+/m0/s1. The third-order valence-corrected chi connectivity index (χ3v) is 6.87. The molecule has 4 atom stereocenters. The van der Waals surface area contributed by atoms with Crippen molar-refractivity contribution in [3.8, 4) is 5.75 Å². The second-order valence-electron chi connectivity index (χ2n) is 9.50. The van der Waals surface area contributed by atoms with Crippen molar-refractivity contribution >= 4 is 17.3 Å². The molecule has 0 amide bonds. The fourth-order valence-corrected chi connectivity index (χ4v) is 4.67. The second-order valence-corrected chi connectivity index (χ2v) is 9.93. The van der Waals surface area contributed by atoms with Gasteiger partial charge in [0.05, 0.1) is 19.3 Å². The molecule has 196 valence electrons. The summed E-state index contributed by atoms with van der Waals surface area (Å²) in [6.07, 6.45) is 4.94. The highest BCUT2D eigenvalue weighted by molar-refractivity contribution is 6.31. The second kappa shape index (κ2) is 12.7. The molecule has 0 saturated carbocycles. The maximum atomic E-state index is 14.7. The van der Waals surface area contributed by atoms with Crippen molar-refractivity contribution in [3.05, 3.63) is 60.2 Å². The van der Waals surface area contributed by atoms with E-state index in [9.17, 15) is 9.50 Å². The summed E-state index contributed by atoms with van der Waals surface area (Å²) in [5.74, 6) is 0.122. The van der Waals surface area contributed by atoms with Crippen LogP contribution in [-0.2, 0) is 11.3 Å². The zero-order valence-electron chi connectivity index (χ0n) is 20.8. The average molecular weight is 520 g/mol. The van der Waals surface area contributed by atoms with E-state index in [1.165, 1.54) is 18.1 Å². The average Bonchev–Trinajstić information content (AvgIpc) is 3.39. The van der Waals surface area contributed by atoms with E-state index >= 15 is 0 Å². The third-order valence-electron chi connectivity index (χ3n) is 6.62. The lowest BCUT2D eigenvalue weighted by molar-refractivity contribution is -0.0541. The minimum Gasteiger partial charge on any atom is -0.491 e. The first-order chi connectivity index (χ1) is 17.4. The van der Waals surface area contributed by atoms with Crippen LogP contribution >= 0.6 is 11.6 Å². The highest BCUT2D eigenvalue weighted by atomic mass is 35.5. The Bertz CT molecular complexity index is 994. The van der Waals surface area contributed by atoms with Gasteiger partial charge < -0.3 is 19.5 Å². The maximum absolute atomic E-state index is 14.7. The first-order valence-electron chi connectivity index (χ1n) is 12.4. The SMILES string of the molecule is CC(C)N1CCN(c2ccc(OC[C@H](O)CO[C@H](Cn3cncn3)C3C=CC(Cl)=CC3F)cc2)CC1. The number of nitrogens with zero attached hydrogens (tertiary/aromatic N) is 5. The zero-order chi connectivity index (χ0) is 25.5. The number of hydrogen-bond donors (Lipinski definition) is 1. The van der Waals surface area contributed by atoms with Gasteiger partial charge in [0.2, 0.25) is 0 Å². The summed E-state index contributed by atoms with van der Waals surface area (Å²) in [5, 5.41) is 14.9. The van der Waals surface area contributed by atoms with E-state index in [0.29, 0.717) is 23.4 Å². The molecule has 1 N–H and O–H groups in total. The summed E-state index contributed by atoms with van der Waals surface area (Å²) in [6, 6.07) is 8.51. The van der Waals surface area contributed by atoms with E-state index in [1.54, 1.807) is 23.2 Å². The molecule has 1 aliphatic carbocycles. The van der Waals surface area contributed by atoms with E-state index < -0.39 is 24.3 Å². The number of rotatable bonds is 11. The number of alkyl halides is 1. The first kappa shape index (κ1) is 26.6. The van der Waals surface area contributed by atoms with E-state index in [-0.39, 0.29) is 13.2 Å². The van der Waals surface area contributed by atoms with Crippen molar-refractivity contribution in [2.75, 3.05) is 44.3 Å². The molecule has 2 aliphatic rings. The Kier molecular flexibility index (Phi) is 9.36. The van der Waals surface area contributed by atoms with Crippen LogP contribution in [0.2, 0.25) is 0 Å². The molecule has 1 saturated heterocycles. The Morgan fingerprint density at radius 2 is 1.89 bits per heavy atom. The minimum absolute atomic E-state index is 0.00785. The molecule has 2 aromatic rings. The quantitative estimate of drug-likeness (QED) is 0.488. The Morgan fingerprint density at radius 1 is 1.14 bits per heavy atom. The van der Waals surface area contributed by atoms with Crippen molar-refractivity contribution < 1.29 is 19.0 Å². The van der Waals surface area contributed by atoms with Gasteiger partial charge in [0.25, 0.3) is 0 Å². The van der Waals surface area contributed by atoms with E-state index in [1.807, 2.05) is 24.3 Å². The molecule has 2 heterocycles. The van der Waals surface area contributed by atoms with Crippen molar-refractivity contribution in [1.29, 1.82) is 0 Å². The van der Waals surface area contributed by atoms with Gasteiger partial charge in [0.1, 0.15) is 37.3 Å². The van der Waals surface area contributed by atoms with Gasteiger partial charge in [-0.15, -0.1) is 0 Å². The van der Waals surface area contributed by atoms with E-state index in [4.69, 9.17) is 21.1 Å². The van der Waals surface area contributed by atoms with Gasteiger partial charge in [0, 0.05) is 48.9 Å². The number of aliphatic hydroxyl groups is 1. The van der Waals surface area contributed by atoms with Crippen LogP contribution in [0.1, 0.15) is 13.8 Å². The summed E-state index contributed by atoms with van der Waals surface area (Å²) in [5.41, 5.74) is 1.17. The van der Waals surface area contributed by atoms with Crippen LogP contribution < -0.4 is 9.64 Å². The third kappa shape index (κ3) is 7.29. The molecule has 1 fully saturated rings. The van der Waals surface area contributed by atoms with Crippen LogP contribution in [0.25, 0.3) is 0 Å². The van der Waals surface area contributed by atoms with Crippen LogP contribution in [0.5, 0.6) is 5.75 Å².